The molecule has 0 bridgehead atoms. The molecule has 20 heavy (non-hydrogen) atoms. The zero-order valence-corrected chi connectivity index (χ0v) is 12.5. The SMILES string of the molecule is CN(CC1CCOCC1)CC1CNCc2ccccc21. The minimum absolute atomic E-state index is 0.629. The predicted octanol–water partition coefficient (Wildman–Crippen LogP) is 2.23. The molecule has 2 heterocycles. The maximum absolute atomic E-state index is 5.45. The number of likely N-dealkylation sites (N-methyl/N-ethyl adjacent to an activating group) is 1. The Morgan fingerprint density at radius 2 is 2.00 bits per heavy atom. The van der Waals surface area contributed by atoms with Crippen LogP contribution in [0, 0.1) is 5.92 Å². The molecule has 2 aliphatic rings. The lowest BCUT2D eigenvalue weighted by Gasteiger charge is -2.32. The van der Waals surface area contributed by atoms with Crippen molar-refractivity contribution in [3.8, 4) is 0 Å². The van der Waals surface area contributed by atoms with E-state index in [1.54, 1.807) is 5.56 Å². The van der Waals surface area contributed by atoms with Crippen LogP contribution in [0.15, 0.2) is 24.3 Å². The van der Waals surface area contributed by atoms with Gasteiger partial charge in [-0.2, -0.15) is 0 Å². The zero-order chi connectivity index (χ0) is 13.8. The van der Waals surface area contributed by atoms with Crippen LogP contribution in [-0.2, 0) is 11.3 Å². The first-order valence-electron chi connectivity index (χ1n) is 7.87. The fourth-order valence-corrected chi connectivity index (χ4v) is 3.57. The number of fused-ring (bicyclic) bond motifs is 1. The van der Waals surface area contributed by atoms with Crippen molar-refractivity contribution in [2.45, 2.75) is 25.3 Å². The Kier molecular flexibility index (Phi) is 4.71. The van der Waals surface area contributed by atoms with E-state index in [9.17, 15) is 0 Å². The molecule has 0 amide bonds. The third-order valence-corrected chi connectivity index (χ3v) is 4.64. The van der Waals surface area contributed by atoms with Crippen LogP contribution in [0.25, 0.3) is 0 Å². The van der Waals surface area contributed by atoms with Gasteiger partial charge in [0.1, 0.15) is 0 Å². The summed E-state index contributed by atoms with van der Waals surface area (Å²) in [5.41, 5.74) is 3.02. The molecule has 0 aromatic heterocycles. The molecule has 0 spiro atoms. The van der Waals surface area contributed by atoms with Crippen LogP contribution >= 0.6 is 0 Å². The van der Waals surface area contributed by atoms with Crippen molar-refractivity contribution in [2.24, 2.45) is 5.92 Å². The van der Waals surface area contributed by atoms with Crippen LogP contribution in [0.1, 0.15) is 29.9 Å². The standard InChI is InChI=1S/C17H26N2O/c1-19(12-14-6-8-20-9-7-14)13-16-11-18-10-15-4-2-3-5-17(15)16/h2-5,14,16,18H,6-13H2,1H3. The third-order valence-electron chi connectivity index (χ3n) is 4.64. The lowest BCUT2D eigenvalue weighted by atomic mass is 9.90. The first kappa shape index (κ1) is 14.1. The van der Waals surface area contributed by atoms with Gasteiger partial charge in [0, 0.05) is 45.3 Å². The van der Waals surface area contributed by atoms with E-state index in [2.05, 4.69) is 41.5 Å². The molecule has 3 rings (SSSR count). The summed E-state index contributed by atoms with van der Waals surface area (Å²) in [4.78, 5) is 2.52. The van der Waals surface area contributed by atoms with Crippen LogP contribution in [0.4, 0.5) is 0 Å². The molecule has 1 aromatic rings. The number of rotatable bonds is 4. The summed E-state index contributed by atoms with van der Waals surface area (Å²) in [7, 11) is 2.27. The molecule has 2 aliphatic heterocycles. The summed E-state index contributed by atoms with van der Waals surface area (Å²) in [6, 6.07) is 8.89. The average Bonchev–Trinajstić information content (AvgIpc) is 2.48. The number of hydrogen-bond donors (Lipinski definition) is 1. The number of benzene rings is 1. The van der Waals surface area contributed by atoms with Gasteiger partial charge in [0.15, 0.2) is 0 Å². The minimum atomic E-state index is 0.629. The molecule has 3 heteroatoms. The minimum Gasteiger partial charge on any atom is -0.381 e. The van der Waals surface area contributed by atoms with Gasteiger partial charge < -0.3 is 15.0 Å². The Hall–Kier alpha value is -0.900. The molecule has 3 nitrogen and oxygen atoms in total. The summed E-state index contributed by atoms with van der Waals surface area (Å²) in [5.74, 6) is 1.45. The first-order valence-corrected chi connectivity index (χ1v) is 7.87. The van der Waals surface area contributed by atoms with Gasteiger partial charge in [0.2, 0.25) is 0 Å². The van der Waals surface area contributed by atoms with E-state index < -0.39 is 0 Å². The van der Waals surface area contributed by atoms with E-state index >= 15 is 0 Å². The molecule has 110 valence electrons. The maximum Gasteiger partial charge on any atom is 0.0469 e. The average molecular weight is 274 g/mol. The largest absolute Gasteiger partial charge is 0.381 e. The predicted molar refractivity (Wildman–Crippen MR) is 81.9 cm³/mol. The van der Waals surface area contributed by atoms with Crippen LogP contribution in [-0.4, -0.2) is 44.8 Å². The molecule has 1 unspecified atom stereocenters. The number of hydrogen-bond acceptors (Lipinski definition) is 3. The van der Waals surface area contributed by atoms with Gasteiger partial charge in [-0.05, 0) is 36.9 Å². The summed E-state index contributed by atoms with van der Waals surface area (Å²) in [6.07, 6.45) is 2.45. The van der Waals surface area contributed by atoms with Gasteiger partial charge in [-0.1, -0.05) is 24.3 Å². The lowest BCUT2D eigenvalue weighted by Crippen LogP contribution is -2.37. The van der Waals surface area contributed by atoms with Crippen molar-refractivity contribution in [1.29, 1.82) is 0 Å². The molecule has 1 atom stereocenters. The normalized spacial score (nSPS) is 23.8. The van der Waals surface area contributed by atoms with E-state index in [0.29, 0.717) is 5.92 Å². The topological polar surface area (TPSA) is 24.5 Å². The monoisotopic (exact) mass is 274 g/mol. The highest BCUT2D eigenvalue weighted by Gasteiger charge is 2.22. The van der Waals surface area contributed by atoms with Crippen LogP contribution < -0.4 is 5.32 Å². The van der Waals surface area contributed by atoms with Gasteiger partial charge in [0.05, 0.1) is 0 Å². The number of nitrogens with one attached hydrogen (secondary N) is 1. The molecule has 1 aromatic carbocycles. The highest BCUT2D eigenvalue weighted by Crippen LogP contribution is 2.25. The second-order valence-corrected chi connectivity index (χ2v) is 6.30. The van der Waals surface area contributed by atoms with Crippen molar-refractivity contribution in [3.63, 3.8) is 0 Å². The van der Waals surface area contributed by atoms with Gasteiger partial charge in [-0.25, -0.2) is 0 Å². The first-order chi connectivity index (χ1) is 9.83. The summed E-state index contributed by atoms with van der Waals surface area (Å²) in [5, 5.41) is 3.55. The summed E-state index contributed by atoms with van der Waals surface area (Å²) in [6.45, 7) is 6.40. The Balaban J connectivity index is 1.57. The van der Waals surface area contributed by atoms with Gasteiger partial charge in [0.25, 0.3) is 0 Å². The molecule has 1 N–H and O–H groups in total. The van der Waals surface area contributed by atoms with Crippen LogP contribution in [0.5, 0.6) is 0 Å². The fraction of sp³-hybridized carbons (Fsp3) is 0.647. The maximum atomic E-state index is 5.45. The Morgan fingerprint density at radius 1 is 1.20 bits per heavy atom. The Bertz CT molecular complexity index is 429. The van der Waals surface area contributed by atoms with E-state index in [-0.39, 0.29) is 0 Å². The lowest BCUT2D eigenvalue weighted by molar-refractivity contribution is 0.0550. The highest BCUT2D eigenvalue weighted by molar-refractivity contribution is 5.32. The number of ether oxygens (including phenoxy) is 1. The highest BCUT2D eigenvalue weighted by atomic mass is 16.5. The number of nitrogens with zero attached hydrogens (tertiary/aromatic N) is 1. The zero-order valence-electron chi connectivity index (χ0n) is 12.5. The fourth-order valence-electron chi connectivity index (χ4n) is 3.57. The van der Waals surface area contributed by atoms with E-state index in [1.165, 1.54) is 24.9 Å². The summed E-state index contributed by atoms with van der Waals surface area (Å²) >= 11 is 0. The van der Waals surface area contributed by atoms with Gasteiger partial charge in [-0.15, -0.1) is 0 Å². The van der Waals surface area contributed by atoms with E-state index in [0.717, 1.165) is 38.8 Å². The Labute approximate surface area is 122 Å². The molecular weight excluding hydrogens is 248 g/mol. The smallest absolute Gasteiger partial charge is 0.0469 e. The Morgan fingerprint density at radius 3 is 2.85 bits per heavy atom. The van der Waals surface area contributed by atoms with Gasteiger partial charge in [-0.3, -0.25) is 0 Å². The van der Waals surface area contributed by atoms with Crippen molar-refractivity contribution in [1.82, 2.24) is 10.2 Å². The van der Waals surface area contributed by atoms with Crippen molar-refractivity contribution < 1.29 is 4.74 Å². The van der Waals surface area contributed by atoms with Crippen molar-refractivity contribution >= 4 is 0 Å². The van der Waals surface area contributed by atoms with E-state index in [1.807, 2.05) is 0 Å². The quantitative estimate of drug-likeness (QED) is 0.911. The van der Waals surface area contributed by atoms with Gasteiger partial charge >= 0.3 is 0 Å². The molecule has 0 aliphatic carbocycles. The third kappa shape index (κ3) is 3.40. The second kappa shape index (κ2) is 6.70. The molecule has 1 saturated heterocycles. The summed E-state index contributed by atoms with van der Waals surface area (Å²) < 4.78 is 5.45. The molecular formula is C17H26N2O. The van der Waals surface area contributed by atoms with Crippen molar-refractivity contribution in [3.05, 3.63) is 35.4 Å². The molecule has 0 radical (unpaired) electrons. The molecule has 0 saturated carbocycles. The van der Waals surface area contributed by atoms with Crippen LogP contribution in [0.2, 0.25) is 0 Å². The molecule has 1 fully saturated rings. The van der Waals surface area contributed by atoms with Crippen molar-refractivity contribution in [2.75, 3.05) is 39.9 Å². The second-order valence-electron chi connectivity index (χ2n) is 6.30. The van der Waals surface area contributed by atoms with E-state index in [4.69, 9.17) is 4.74 Å². The van der Waals surface area contributed by atoms with Crippen LogP contribution in [0.3, 0.4) is 0 Å².